The van der Waals surface area contributed by atoms with Gasteiger partial charge in [0, 0.05) is 21.6 Å². The highest BCUT2D eigenvalue weighted by Crippen LogP contribution is 2.34. The molecule has 0 aliphatic heterocycles. The summed E-state index contributed by atoms with van der Waals surface area (Å²) >= 11 is 6.89. The van der Waals surface area contributed by atoms with Crippen molar-refractivity contribution in [2.75, 3.05) is 20.3 Å². The predicted octanol–water partition coefficient (Wildman–Crippen LogP) is 4.32. The molecule has 0 aromatic heterocycles. The quantitative estimate of drug-likeness (QED) is 0.714. The highest BCUT2D eigenvalue weighted by molar-refractivity contribution is 9.11. The summed E-state index contributed by atoms with van der Waals surface area (Å²) in [5.74, 6) is 0.664. The second-order valence-electron chi connectivity index (χ2n) is 4.45. The van der Waals surface area contributed by atoms with Gasteiger partial charge in [-0.1, -0.05) is 56.1 Å². The number of aliphatic hydroxyl groups is 1. The van der Waals surface area contributed by atoms with Crippen LogP contribution >= 0.6 is 31.9 Å². The van der Waals surface area contributed by atoms with Crippen LogP contribution in [-0.2, 0) is 4.74 Å². The second kappa shape index (κ2) is 7.94. The Morgan fingerprint density at radius 3 is 2.52 bits per heavy atom. The van der Waals surface area contributed by atoms with Crippen LogP contribution in [0.25, 0.3) is 0 Å². The Hall–Kier alpha value is -0.880. The lowest BCUT2D eigenvalue weighted by Crippen LogP contribution is -2.08. The van der Waals surface area contributed by atoms with Gasteiger partial charge in [-0.3, -0.25) is 0 Å². The molecular formula is C16H16Br2O3. The van der Waals surface area contributed by atoms with Gasteiger partial charge in [-0.25, -0.2) is 0 Å². The highest BCUT2D eigenvalue weighted by Gasteiger charge is 2.17. The summed E-state index contributed by atoms with van der Waals surface area (Å²) in [6, 6.07) is 13.2. The van der Waals surface area contributed by atoms with Gasteiger partial charge in [0.05, 0.1) is 6.61 Å². The van der Waals surface area contributed by atoms with Crippen LogP contribution in [0.4, 0.5) is 0 Å². The van der Waals surface area contributed by atoms with Gasteiger partial charge in [0.15, 0.2) is 0 Å². The molecule has 0 spiro atoms. The van der Waals surface area contributed by atoms with Crippen molar-refractivity contribution in [3.63, 3.8) is 0 Å². The number of para-hydroxylation sites is 1. The van der Waals surface area contributed by atoms with Crippen LogP contribution < -0.4 is 4.74 Å². The van der Waals surface area contributed by atoms with Crippen molar-refractivity contribution < 1.29 is 14.6 Å². The van der Waals surface area contributed by atoms with Crippen molar-refractivity contribution in [3.05, 3.63) is 62.5 Å². The summed E-state index contributed by atoms with van der Waals surface area (Å²) < 4.78 is 12.5. The molecule has 5 heteroatoms. The molecule has 3 nitrogen and oxygen atoms in total. The summed E-state index contributed by atoms with van der Waals surface area (Å²) in [5, 5.41) is 10.6. The number of hydrogen-bond acceptors (Lipinski definition) is 3. The Morgan fingerprint density at radius 2 is 1.81 bits per heavy atom. The van der Waals surface area contributed by atoms with Gasteiger partial charge >= 0.3 is 0 Å². The fourth-order valence-electron chi connectivity index (χ4n) is 1.96. The lowest BCUT2D eigenvalue weighted by Gasteiger charge is -2.17. The average Bonchev–Trinajstić information content (AvgIpc) is 2.47. The van der Waals surface area contributed by atoms with Crippen LogP contribution in [0.5, 0.6) is 5.75 Å². The van der Waals surface area contributed by atoms with Gasteiger partial charge in [0.2, 0.25) is 0 Å². The van der Waals surface area contributed by atoms with Crippen LogP contribution in [-0.4, -0.2) is 25.4 Å². The number of ether oxygens (including phenoxy) is 2. The molecule has 0 fully saturated rings. The van der Waals surface area contributed by atoms with Gasteiger partial charge in [-0.05, 0) is 23.8 Å². The van der Waals surface area contributed by atoms with Crippen molar-refractivity contribution in [1.82, 2.24) is 0 Å². The second-order valence-corrected chi connectivity index (χ2v) is 6.22. The first-order valence-corrected chi connectivity index (χ1v) is 8.05. The van der Waals surface area contributed by atoms with Crippen molar-refractivity contribution in [2.24, 2.45) is 0 Å². The molecule has 0 aliphatic carbocycles. The normalized spacial score (nSPS) is 12.2. The van der Waals surface area contributed by atoms with Crippen molar-refractivity contribution >= 4 is 31.9 Å². The fourth-order valence-corrected chi connectivity index (χ4v) is 3.23. The SMILES string of the molecule is COCCOc1ccccc1C(O)c1ccc(Br)cc1Br. The number of halogens is 2. The maximum atomic E-state index is 10.6. The van der Waals surface area contributed by atoms with Crippen molar-refractivity contribution in [1.29, 1.82) is 0 Å². The minimum absolute atomic E-state index is 0.446. The van der Waals surface area contributed by atoms with Crippen LogP contribution in [0.2, 0.25) is 0 Å². The first kappa shape index (κ1) is 16.5. The lowest BCUT2D eigenvalue weighted by atomic mass is 10.0. The Labute approximate surface area is 141 Å². The summed E-state index contributed by atoms with van der Waals surface area (Å²) in [5.41, 5.74) is 1.53. The highest BCUT2D eigenvalue weighted by atomic mass is 79.9. The summed E-state index contributed by atoms with van der Waals surface area (Å²) in [6.07, 6.45) is -0.758. The molecule has 0 aliphatic rings. The number of methoxy groups -OCH3 is 1. The van der Waals surface area contributed by atoms with Crippen molar-refractivity contribution in [3.8, 4) is 5.75 Å². The molecule has 0 amide bonds. The van der Waals surface area contributed by atoms with E-state index in [1.807, 2.05) is 42.5 Å². The van der Waals surface area contributed by atoms with Gasteiger partial charge in [0.1, 0.15) is 18.5 Å². The van der Waals surface area contributed by atoms with Gasteiger partial charge in [-0.2, -0.15) is 0 Å². The number of aliphatic hydroxyl groups excluding tert-OH is 1. The fraction of sp³-hybridized carbons (Fsp3) is 0.250. The topological polar surface area (TPSA) is 38.7 Å². The van der Waals surface area contributed by atoms with Gasteiger partial charge in [-0.15, -0.1) is 0 Å². The maximum absolute atomic E-state index is 10.6. The number of hydrogen-bond donors (Lipinski definition) is 1. The molecule has 2 rings (SSSR count). The number of rotatable bonds is 6. The van der Waals surface area contributed by atoms with Gasteiger partial charge in [0.25, 0.3) is 0 Å². The van der Waals surface area contributed by atoms with E-state index in [0.29, 0.717) is 19.0 Å². The van der Waals surface area contributed by atoms with E-state index in [0.717, 1.165) is 20.1 Å². The van der Waals surface area contributed by atoms with Crippen molar-refractivity contribution in [2.45, 2.75) is 6.10 Å². The third-order valence-corrected chi connectivity index (χ3v) is 4.20. The van der Waals surface area contributed by atoms with E-state index in [1.165, 1.54) is 0 Å². The van der Waals surface area contributed by atoms with E-state index in [4.69, 9.17) is 9.47 Å². The Morgan fingerprint density at radius 1 is 1.05 bits per heavy atom. The molecule has 0 bridgehead atoms. The summed E-state index contributed by atoms with van der Waals surface area (Å²) in [4.78, 5) is 0. The monoisotopic (exact) mass is 414 g/mol. The average molecular weight is 416 g/mol. The molecular weight excluding hydrogens is 400 g/mol. The third-order valence-electron chi connectivity index (χ3n) is 3.02. The molecule has 0 radical (unpaired) electrons. The van der Waals surface area contributed by atoms with E-state index in [2.05, 4.69) is 31.9 Å². The summed E-state index contributed by atoms with van der Waals surface area (Å²) in [7, 11) is 1.63. The molecule has 0 saturated heterocycles. The van der Waals surface area contributed by atoms with Gasteiger partial charge < -0.3 is 14.6 Å². The predicted molar refractivity (Wildman–Crippen MR) is 89.7 cm³/mol. The molecule has 21 heavy (non-hydrogen) atoms. The Bertz CT molecular complexity index is 602. The number of benzene rings is 2. The van der Waals surface area contributed by atoms with E-state index in [1.54, 1.807) is 7.11 Å². The lowest BCUT2D eigenvalue weighted by molar-refractivity contribution is 0.142. The Kier molecular flexibility index (Phi) is 6.23. The molecule has 0 heterocycles. The first-order valence-electron chi connectivity index (χ1n) is 6.47. The summed E-state index contributed by atoms with van der Waals surface area (Å²) in [6.45, 7) is 0.953. The smallest absolute Gasteiger partial charge is 0.125 e. The molecule has 0 saturated carbocycles. The van der Waals surface area contributed by atoms with Crippen LogP contribution in [0, 0.1) is 0 Å². The molecule has 1 N–H and O–H groups in total. The Balaban J connectivity index is 2.27. The van der Waals surface area contributed by atoms with E-state index in [9.17, 15) is 5.11 Å². The third kappa shape index (κ3) is 4.30. The van der Waals surface area contributed by atoms with Crippen LogP contribution in [0.1, 0.15) is 17.2 Å². The van der Waals surface area contributed by atoms with E-state index >= 15 is 0 Å². The largest absolute Gasteiger partial charge is 0.491 e. The maximum Gasteiger partial charge on any atom is 0.125 e. The molecule has 1 unspecified atom stereocenters. The molecule has 1 atom stereocenters. The standard InChI is InChI=1S/C16H16Br2O3/c1-20-8-9-21-15-5-3-2-4-13(15)16(19)12-7-6-11(17)10-14(12)18/h2-7,10,16,19H,8-9H2,1H3. The van der Waals surface area contributed by atoms with Crippen LogP contribution in [0.3, 0.4) is 0 Å². The van der Waals surface area contributed by atoms with Crippen LogP contribution in [0.15, 0.2) is 51.4 Å². The zero-order valence-electron chi connectivity index (χ0n) is 11.6. The first-order chi connectivity index (χ1) is 10.1. The zero-order valence-corrected chi connectivity index (χ0v) is 14.7. The zero-order chi connectivity index (χ0) is 15.2. The van der Waals surface area contributed by atoms with E-state index < -0.39 is 6.10 Å². The minimum atomic E-state index is -0.758. The molecule has 2 aromatic rings. The minimum Gasteiger partial charge on any atom is -0.491 e. The molecule has 2 aromatic carbocycles. The molecule has 112 valence electrons. The van der Waals surface area contributed by atoms with E-state index in [-0.39, 0.29) is 0 Å².